The van der Waals surface area contributed by atoms with Crippen LogP contribution in [0.3, 0.4) is 0 Å². The van der Waals surface area contributed by atoms with Crippen molar-refractivity contribution in [1.29, 1.82) is 0 Å². The SMILES string of the molecule is COc1ccc(S(=O)(=O)OCC(F)(F)F)cc1Br. The van der Waals surface area contributed by atoms with Gasteiger partial charge in [0.1, 0.15) is 5.75 Å². The number of methoxy groups -OCH3 is 1. The van der Waals surface area contributed by atoms with Gasteiger partial charge in [0.2, 0.25) is 0 Å². The molecule has 102 valence electrons. The molecular formula is C9H8BrF3O4S. The van der Waals surface area contributed by atoms with E-state index in [1.807, 2.05) is 0 Å². The van der Waals surface area contributed by atoms with E-state index in [4.69, 9.17) is 4.74 Å². The summed E-state index contributed by atoms with van der Waals surface area (Å²) in [5, 5.41) is 0. The fourth-order valence-corrected chi connectivity index (χ4v) is 2.63. The molecule has 18 heavy (non-hydrogen) atoms. The second kappa shape index (κ2) is 5.45. The van der Waals surface area contributed by atoms with Crippen molar-refractivity contribution < 1.29 is 30.5 Å². The lowest BCUT2D eigenvalue weighted by molar-refractivity contribution is -0.152. The van der Waals surface area contributed by atoms with Crippen LogP contribution in [0.25, 0.3) is 0 Å². The first kappa shape index (κ1) is 15.3. The van der Waals surface area contributed by atoms with Crippen LogP contribution >= 0.6 is 15.9 Å². The van der Waals surface area contributed by atoms with Crippen LogP contribution in [-0.2, 0) is 14.3 Å². The maximum atomic E-state index is 11.9. The van der Waals surface area contributed by atoms with Crippen LogP contribution in [0.15, 0.2) is 27.6 Å². The van der Waals surface area contributed by atoms with E-state index in [-0.39, 0.29) is 4.90 Å². The molecule has 0 spiro atoms. The molecule has 0 atom stereocenters. The molecule has 4 nitrogen and oxygen atoms in total. The van der Waals surface area contributed by atoms with Crippen molar-refractivity contribution >= 4 is 26.0 Å². The number of benzene rings is 1. The van der Waals surface area contributed by atoms with Crippen molar-refractivity contribution in [3.05, 3.63) is 22.7 Å². The normalized spacial score (nSPS) is 12.5. The van der Waals surface area contributed by atoms with Gasteiger partial charge in [0.05, 0.1) is 16.5 Å². The third-order valence-corrected chi connectivity index (χ3v) is 3.67. The fraction of sp³-hybridized carbons (Fsp3) is 0.333. The molecule has 0 unspecified atom stereocenters. The largest absolute Gasteiger partial charge is 0.496 e. The predicted octanol–water partition coefficient (Wildman–Crippen LogP) is 2.73. The lowest BCUT2D eigenvalue weighted by Crippen LogP contribution is -2.20. The zero-order chi connectivity index (χ0) is 14.0. The molecule has 0 aliphatic rings. The second-order valence-corrected chi connectivity index (χ2v) is 5.60. The van der Waals surface area contributed by atoms with E-state index in [1.165, 1.54) is 13.2 Å². The molecule has 0 heterocycles. The summed E-state index contributed by atoms with van der Waals surface area (Å²) in [4.78, 5) is -0.389. The van der Waals surface area contributed by atoms with Gasteiger partial charge in [-0.1, -0.05) is 0 Å². The molecule has 0 aliphatic heterocycles. The Balaban J connectivity index is 2.96. The molecule has 0 saturated carbocycles. The van der Waals surface area contributed by atoms with Crippen molar-refractivity contribution in [2.24, 2.45) is 0 Å². The van der Waals surface area contributed by atoms with E-state index in [1.54, 1.807) is 0 Å². The van der Waals surface area contributed by atoms with Gasteiger partial charge in [0.25, 0.3) is 10.1 Å². The summed E-state index contributed by atoms with van der Waals surface area (Å²) in [6.07, 6.45) is -4.71. The van der Waals surface area contributed by atoms with Crippen molar-refractivity contribution in [3.8, 4) is 5.75 Å². The summed E-state index contributed by atoms with van der Waals surface area (Å²) >= 11 is 3.02. The van der Waals surface area contributed by atoms with E-state index < -0.39 is 22.9 Å². The van der Waals surface area contributed by atoms with Gasteiger partial charge in [0.15, 0.2) is 6.61 Å². The Morgan fingerprint density at radius 1 is 1.33 bits per heavy atom. The van der Waals surface area contributed by atoms with Gasteiger partial charge in [-0.2, -0.15) is 21.6 Å². The van der Waals surface area contributed by atoms with Crippen LogP contribution in [0, 0.1) is 0 Å². The van der Waals surface area contributed by atoms with Crippen LogP contribution in [0.4, 0.5) is 13.2 Å². The van der Waals surface area contributed by atoms with Gasteiger partial charge in [-0.25, -0.2) is 0 Å². The molecule has 0 radical (unpaired) electrons. The molecule has 1 aromatic rings. The summed E-state index contributed by atoms with van der Waals surface area (Å²) in [6, 6.07) is 3.49. The minimum atomic E-state index is -4.71. The molecular weight excluding hydrogens is 341 g/mol. The Morgan fingerprint density at radius 2 is 1.94 bits per heavy atom. The smallest absolute Gasteiger partial charge is 0.413 e. The minimum absolute atomic E-state index is 0.293. The lowest BCUT2D eigenvalue weighted by Gasteiger charge is -2.09. The number of hydrogen-bond acceptors (Lipinski definition) is 4. The highest BCUT2D eigenvalue weighted by atomic mass is 79.9. The first-order valence-corrected chi connectivity index (χ1v) is 6.65. The van der Waals surface area contributed by atoms with Gasteiger partial charge in [-0.05, 0) is 34.1 Å². The first-order chi connectivity index (χ1) is 8.15. The number of rotatable bonds is 4. The summed E-state index contributed by atoms with van der Waals surface area (Å²) in [6.45, 7) is -1.86. The molecule has 1 rings (SSSR count). The molecule has 0 amide bonds. The highest BCUT2D eigenvalue weighted by Gasteiger charge is 2.31. The van der Waals surface area contributed by atoms with Gasteiger partial charge < -0.3 is 4.74 Å². The van der Waals surface area contributed by atoms with Crippen LogP contribution in [-0.4, -0.2) is 28.3 Å². The third kappa shape index (κ3) is 4.14. The molecule has 0 bridgehead atoms. The molecule has 0 aromatic heterocycles. The van der Waals surface area contributed by atoms with E-state index in [0.29, 0.717) is 10.2 Å². The van der Waals surface area contributed by atoms with E-state index >= 15 is 0 Å². The summed E-state index contributed by atoms with van der Waals surface area (Å²) < 4.78 is 67.6. The molecule has 1 aromatic carbocycles. The van der Waals surface area contributed by atoms with E-state index in [2.05, 4.69) is 20.1 Å². The molecule has 0 N–H and O–H groups in total. The molecule has 0 aliphatic carbocycles. The number of alkyl halides is 3. The molecule has 0 saturated heterocycles. The Morgan fingerprint density at radius 3 is 2.39 bits per heavy atom. The average Bonchev–Trinajstić information content (AvgIpc) is 2.25. The van der Waals surface area contributed by atoms with E-state index in [0.717, 1.165) is 12.1 Å². The highest BCUT2D eigenvalue weighted by molar-refractivity contribution is 9.10. The topological polar surface area (TPSA) is 52.6 Å². The van der Waals surface area contributed by atoms with Crippen molar-refractivity contribution in [2.75, 3.05) is 13.7 Å². The van der Waals surface area contributed by atoms with Crippen LogP contribution in [0.2, 0.25) is 0 Å². The Kier molecular flexibility index (Phi) is 4.62. The Bertz CT molecular complexity index is 527. The van der Waals surface area contributed by atoms with Crippen LogP contribution in [0.5, 0.6) is 5.75 Å². The summed E-state index contributed by atoms with van der Waals surface area (Å²) in [5.41, 5.74) is 0. The predicted molar refractivity (Wildman–Crippen MR) is 59.9 cm³/mol. The maximum absolute atomic E-state index is 11.9. The monoisotopic (exact) mass is 348 g/mol. The average molecular weight is 349 g/mol. The fourth-order valence-electron chi connectivity index (χ4n) is 1.02. The minimum Gasteiger partial charge on any atom is -0.496 e. The number of halogens is 4. The maximum Gasteiger partial charge on any atom is 0.413 e. The van der Waals surface area contributed by atoms with Crippen LogP contribution < -0.4 is 4.74 Å². The first-order valence-electron chi connectivity index (χ1n) is 4.45. The molecule has 9 heteroatoms. The van der Waals surface area contributed by atoms with E-state index in [9.17, 15) is 21.6 Å². The van der Waals surface area contributed by atoms with Crippen molar-refractivity contribution in [1.82, 2.24) is 0 Å². The number of hydrogen-bond donors (Lipinski definition) is 0. The van der Waals surface area contributed by atoms with Crippen molar-refractivity contribution in [2.45, 2.75) is 11.1 Å². The van der Waals surface area contributed by atoms with Gasteiger partial charge in [-0.3, -0.25) is 4.18 Å². The highest BCUT2D eigenvalue weighted by Crippen LogP contribution is 2.28. The zero-order valence-electron chi connectivity index (χ0n) is 8.99. The Hall–Kier alpha value is -0.800. The van der Waals surface area contributed by atoms with Gasteiger partial charge in [-0.15, -0.1) is 0 Å². The molecule has 0 fully saturated rings. The number of ether oxygens (including phenoxy) is 1. The van der Waals surface area contributed by atoms with Gasteiger partial charge >= 0.3 is 6.18 Å². The van der Waals surface area contributed by atoms with Crippen LogP contribution in [0.1, 0.15) is 0 Å². The zero-order valence-corrected chi connectivity index (χ0v) is 11.4. The van der Waals surface area contributed by atoms with Gasteiger partial charge in [0, 0.05) is 0 Å². The quantitative estimate of drug-likeness (QED) is 0.785. The lowest BCUT2D eigenvalue weighted by atomic mass is 10.3. The standard InChI is InChI=1S/C9H8BrF3O4S/c1-16-8-3-2-6(4-7(8)10)18(14,15)17-5-9(11,12)13/h2-4H,5H2,1H3. The van der Waals surface area contributed by atoms with Crippen molar-refractivity contribution in [3.63, 3.8) is 0 Å². The summed E-state index contributed by atoms with van der Waals surface area (Å²) in [5.74, 6) is 0.352. The summed E-state index contributed by atoms with van der Waals surface area (Å²) in [7, 11) is -3.08. The Labute approximate surface area is 110 Å². The third-order valence-electron chi connectivity index (χ3n) is 1.79. The second-order valence-electron chi connectivity index (χ2n) is 3.13.